The Hall–Kier alpha value is -0.570. The molecule has 1 saturated carbocycles. The summed E-state index contributed by atoms with van der Waals surface area (Å²) in [7, 11) is 1.83. The van der Waals surface area contributed by atoms with E-state index in [0.29, 0.717) is 11.9 Å². The van der Waals surface area contributed by atoms with Crippen molar-refractivity contribution in [1.82, 2.24) is 20.4 Å². The van der Waals surface area contributed by atoms with Gasteiger partial charge < -0.3 is 20.4 Å². The van der Waals surface area contributed by atoms with Crippen molar-refractivity contribution in [2.45, 2.75) is 70.3 Å². The fourth-order valence-electron chi connectivity index (χ4n) is 4.75. The zero-order valence-corrected chi connectivity index (χ0v) is 20.0. The number of likely N-dealkylation sites (tertiary alicyclic amines) is 2. The van der Waals surface area contributed by atoms with Crippen molar-refractivity contribution < 1.29 is 4.79 Å². The summed E-state index contributed by atoms with van der Waals surface area (Å²) < 4.78 is 0. The number of guanidine groups is 1. The monoisotopic (exact) mass is 505 g/mol. The van der Waals surface area contributed by atoms with E-state index in [2.05, 4.69) is 25.4 Å². The Kier molecular flexibility index (Phi) is 10.9. The third kappa shape index (κ3) is 7.35. The Balaban J connectivity index is 0.00000280. The number of nitrogens with one attached hydrogen (secondary N) is 2. The first-order valence-electron chi connectivity index (χ1n) is 11.2. The maximum Gasteiger partial charge on any atom is 0.225 e. The molecule has 0 bridgehead atoms. The van der Waals surface area contributed by atoms with Crippen LogP contribution in [0.25, 0.3) is 0 Å². The highest BCUT2D eigenvalue weighted by Crippen LogP contribution is 2.26. The molecule has 2 heterocycles. The Labute approximate surface area is 188 Å². The quantitative estimate of drug-likeness (QED) is 0.242. The molecule has 1 aliphatic carbocycles. The molecule has 28 heavy (non-hydrogen) atoms. The van der Waals surface area contributed by atoms with Gasteiger partial charge in [-0.05, 0) is 64.6 Å². The number of unbranched alkanes of at least 4 members (excludes halogenated alkanes) is 1. The van der Waals surface area contributed by atoms with Gasteiger partial charge in [-0.1, -0.05) is 19.3 Å². The van der Waals surface area contributed by atoms with Gasteiger partial charge in [0, 0.05) is 38.6 Å². The van der Waals surface area contributed by atoms with Crippen molar-refractivity contribution in [1.29, 1.82) is 0 Å². The summed E-state index contributed by atoms with van der Waals surface area (Å²) in [5.74, 6) is 1.56. The highest BCUT2D eigenvalue weighted by atomic mass is 127. The minimum Gasteiger partial charge on any atom is -0.356 e. The summed E-state index contributed by atoms with van der Waals surface area (Å²) in [5, 5.41) is 6.97. The first-order valence-corrected chi connectivity index (χ1v) is 11.2. The number of carbonyl (C=O) groups excluding carboxylic acids is 1. The molecule has 1 unspecified atom stereocenters. The van der Waals surface area contributed by atoms with E-state index in [1.54, 1.807) is 0 Å². The lowest BCUT2D eigenvalue weighted by atomic mass is 9.88. The van der Waals surface area contributed by atoms with Crippen LogP contribution in [0.5, 0.6) is 0 Å². The third-order valence-corrected chi connectivity index (χ3v) is 6.41. The van der Waals surface area contributed by atoms with Crippen LogP contribution in [0.2, 0.25) is 0 Å². The van der Waals surface area contributed by atoms with Gasteiger partial charge in [0.05, 0.1) is 0 Å². The molecule has 0 aromatic heterocycles. The van der Waals surface area contributed by atoms with Crippen LogP contribution in [0.3, 0.4) is 0 Å². The molecule has 2 aliphatic heterocycles. The maximum absolute atomic E-state index is 12.7. The average Bonchev–Trinajstić information content (AvgIpc) is 3.39. The van der Waals surface area contributed by atoms with E-state index < -0.39 is 0 Å². The molecule has 0 aromatic rings. The number of hydrogen-bond donors (Lipinski definition) is 2. The number of rotatable bonds is 7. The van der Waals surface area contributed by atoms with E-state index in [1.165, 1.54) is 64.6 Å². The molecule has 3 rings (SSSR count). The smallest absolute Gasteiger partial charge is 0.225 e. The predicted molar refractivity (Wildman–Crippen MR) is 126 cm³/mol. The maximum atomic E-state index is 12.7. The van der Waals surface area contributed by atoms with E-state index in [0.717, 1.165) is 44.9 Å². The van der Waals surface area contributed by atoms with Crippen molar-refractivity contribution in [2.75, 3.05) is 46.3 Å². The number of halogens is 1. The van der Waals surface area contributed by atoms with Crippen LogP contribution < -0.4 is 10.6 Å². The molecule has 3 aliphatic rings. The lowest BCUT2D eigenvalue weighted by Crippen LogP contribution is -2.45. The molecule has 2 N–H and O–H groups in total. The second-order valence-electron chi connectivity index (χ2n) is 8.50. The second-order valence-corrected chi connectivity index (χ2v) is 8.50. The minimum absolute atomic E-state index is 0. The van der Waals surface area contributed by atoms with E-state index in [-0.39, 0.29) is 29.9 Å². The van der Waals surface area contributed by atoms with Crippen LogP contribution in [0, 0.1) is 5.92 Å². The van der Waals surface area contributed by atoms with E-state index >= 15 is 0 Å². The van der Waals surface area contributed by atoms with Gasteiger partial charge in [0.2, 0.25) is 5.91 Å². The average molecular weight is 505 g/mol. The minimum atomic E-state index is 0. The van der Waals surface area contributed by atoms with Crippen molar-refractivity contribution >= 4 is 35.8 Å². The Morgan fingerprint density at radius 3 is 2.46 bits per heavy atom. The van der Waals surface area contributed by atoms with Gasteiger partial charge in [0.25, 0.3) is 0 Å². The molecule has 162 valence electrons. The van der Waals surface area contributed by atoms with Gasteiger partial charge in [-0.2, -0.15) is 0 Å². The van der Waals surface area contributed by atoms with Gasteiger partial charge >= 0.3 is 0 Å². The molecule has 0 radical (unpaired) electrons. The van der Waals surface area contributed by atoms with Crippen molar-refractivity contribution in [3.63, 3.8) is 0 Å². The van der Waals surface area contributed by atoms with Gasteiger partial charge in [0.15, 0.2) is 5.96 Å². The third-order valence-electron chi connectivity index (χ3n) is 6.41. The number of carbonyl (C=O) groups is 1. The molecule has 0 aromatic carbocycles. The Morgan fingerprint density at radius 2 is 1.75 bits per heavy atom. The normalized spacial score (nSPS) is 24.2. The highest BCUT2D eigenvalue weighted by Gasteiger charge is 2.31. The number of aliphatic imine (C=N–C) groups is 1. The molecule has 1 atom stereocenters. The molecule has 3 fully saturated rings. The standard InChI is InChI=1S/C21H39N5O.HI/c1-22-21(23-12-5-6-13-25-14-7-8-15-25)24-19-11-16-26(17-19)20(27)18-9-3-2-4-10-18;/h18-19H,2-17H2,1H3,(H2,22,23,24);1H. The fourth-order valence-corrected chi connectivity index (χ4v) is 4.75. The molecule has 0 spiro atoms. The zero-order valence-electron chi connectivity index (χ0n) is 17.6. The SMILES string of the molecule is CN=C(NCCCCN1CCCC1)NC1CCN(C(=O)C2CCCCC2)C1.I. The number of nitrogens with zero attached hydrogens (tertiary/aromatic N) is 3. The Bertz CT molecular complexity index is 489. The summed E-state index contributed by atoms with van der Waals surface area (Å²) in [4.78, 5) is 21.7. The molecule has 1 amide bonds. The summed E-state index contributed by atoms with van der Waals surface area (Å²) in [5.41, 5.74) is 0. The van der Waals surface area contributed by atoms with Crippen LogP contribution in [-0.4, -0.2) is 74.0 Å². The van der Waals surface area contributed by atoms with Crippen molar-refractivity contribution in [3.8, 4) is 0 Å². The Morgan fingerprint density at radius 1 is 1.00 bits per heavy atom. The van der Waals surface area contributed by atoms with Gasteiger partial charge in [-0.25, -0.2) is 0 Å². The van der Waals surface area contributed by atoms with Crippen LogP contribution in [0.15, 0.2) is 4.99 Å². The van der Waals surface area contributed by atoms with E-state index in [4.69, 9.17) is 0 Å². The topological polar surface area (TPSA) is 60.0 Å². The van der Waals surface area contributed by atoms with Crippen molar-refractivity contribution in [2.24, 2.45) is 10.9 Å². The summed E-state index contributed by atoms with van der Waals surface area (Å²) in [6, 6.07) is 0.327. The fraction of sp³-hybridized carbons (Fsp3) is 0.905. The molecule has 2 saturated heterocycles. The zero-order chi connectivity index (χ0) is 18.9. The molecule has 6 nitrogen and oxygen atoms in total. The van der Waals surface area contributed by atoms with Crippen LogP contribution >= 0.6 is 24.0 Å². The van der Waals surface area contributed by atoms with Gasteiger partial charge in [-0.15, -0.1) is 24.0 Å². The molecule has 7 heteroatoms. The van der Waals surface area contributed by atoms with Crippen LogP contribution in [-0.2, 0) is 4.79 Å². The van der Waals surface area contributed by atoms with E-state index in [1.807, 2.05) is 7.05 Å². The second kappa shape index (κ2) is 12.9. The predicted octanol–water partition coefficient (Wildman–Crippen LogP) is 2.83. The summed E-state index contributed by atoms with van der Waals surface area (Å²) in [6.45, 7) is 6.48. The van der Waals surface area contributed by atoms with Crippen molar-refractivity contribution in [3.05, 3.63) is 0 Å². The van der Waals surface area contributed by atoms with Gasteiger partial charge in [-0.3, -0.25) is 9.79 Å². The summed E-state index contributed by atoms with van der Waals surface area (Å²) in [6.07, 6.45) is 12.1. The first-order chi connectivity index (χ1) is 13.3. The summed E-state index contributed by atoms with van der Waals surface area (Å²) >= 11 is 0. The number of hydrogen-bond acceptors (Lipinski definition) is 3. The van der Waals surface area contributed by atoms with Gasteiger partial charge in [0.1, 0.15) is 0 Å². The van der Waals surface area contributed by atoms with E-state index in [9.17, 15) is 4.79 Å². The largest absolute Gasteiger partial charge is 0.356 e. The lowest BCUT2D eigenvalue weighted by molar-refractivity contribution is -0.135. The first kappa shape index (κ1) is 23.7. The lowest BCUT2D eigenvalue weighted by Gasteiger charge is -2.26. The molecular weight excluding hydrogens is 465 g/mol. The number of amides is 1. The highest BCUT2D eigenvalue weighted by molar-refractivity contribution is 14.0. The van der Waals surface area contributed by atoms with Crippen LogP contribution in [0.4, 0.5) is 0 Å². The molecular formula is C21H40IN5O. The van der Waals surface area contributed by atoms with Crippen LogP contribution in [0.1, 0.15) is 64.2 Å².